The van der Waals surface area contributed by atoms with Crippen LogP contribution in [0.2, 0.25) is 10.0 Å². The van der Waals surface area contributed by atoms with Crippen LogP contribution in [0.1, 0.15) is 36.6 Å². The van der Waals surface area contributed by atoms with E-state index in [0.717, 1.165) is 38.4 Å². The first-order valence-electron chi connectivity index (χ1n) is 14.5. The van der Waals surface area contributed by atoms with Crippen molar-refractivity contribution in [3.63, 3.8) is 0 Å². The van der Waals surface area contributed by atoms with Crippen molar-refractivity contribution < 1.29 is 9.53 Å². The third kappa shape index (κ3) is 5.21. The molecule has 2 aromatic heterocycles. The van der Waals surface area contributed by atoms with Gasteiger partial charge in [-0.1, -0.05) is 101 Å². The van der Waals surface area contributed by atoms with Crippen LogP contribution in [-0.2, 0) is 16.1 Å². The standard InChI is InChI=1S/C36H27Cl2N3O3S/c1-3-44-35(43)32-21(2)39-36-41(33(32)28-13-8-10-22-9-4-5-11-26(22)28)34(42)31(45-36)17-24-20-40(30-14-7-6-12-27(24)30)19-23-15-16-25(37)18-29(23)38/h4-18,20,33H,3,19H2,1-2H3/b31-17+/t33-/m0/s1. The molecule has 0 aliphatic carbocycles. The number of nitrogens with zero attached hydrogens (tertiary/aromatic N) is 3. The van der Waals surface area contributed by atoms with Gasteiger partial charge in [0, 0.05) is 39.3 Å². The number of para-hydroxylation sites is 1. The molecule has 6 nitrogen and oxygen atoms in total. The Bertz CT molecular complexity index is 2360. The zero-order valence-electron chi connectivity index (χ0n) is 24.5. The van der Waals surface area contributed by atoms with Gasteiger partial charge in [-0.15, -0.1) is 0 Å². The predicted octanol–water partition coefficient (Wildman–Crippen LogP) is 7.26. The smallest absolute Gasteiger partial charge is 0.338 e. The summed E-state index contributed by atoms with van der Waals surface area (Å²) in [5.74, 6) is -0.477. The lowest BCUT2D eigenvalue weighted by molar-refractivity contribution is -0.139. The molecule has 1 aliphatic rings. The number of rotatable bonds is 6. The number of ether oxygens (including phenoxy) is 1. The van der Waals surface area contributed by atoms with Gasteiger partial charge < -0.3 is 9.30 Å². The normalized spacial score (nSPS) is 15.0. The molecule has 1 aliphatic heterocycles. The first-order valence-corrected chi connectivity index (χ1v) is 16.1. The van der Waals surface area contributed by atoms with Crippen molar-refractivity contribution in [3.05, 3.63) is 149 Å². The number of benzene rings is 4. The van der Waals surface area contributed by atoms with Crippen LogP contribution in [-0.4, -0.2) is 21.7 Å². The Labute approximate surface area is 272 Å². The molecule has 0 N–H and O–H groups in total. The lowest BCUT2D eigenvalue weighted by Gasteiger charge is -2.25. The highest BCUT2D eigenvalue weighted by Gasteiger charge is 2.34. The van der Waals surface area contributed by atoms with Crippen LogP contribution in [0, 0.1) is 0 Å². The van der Waals surface area contributed by atoms with Gasteiger partial charge in [-0.3, -0.25) is 9.36 Å². The Morgan fingerprint density at radius 2 is 1.76 bits per heavy atom. The molecule has 1 atom stereocenters. The van der Waals surface area contributed by atoms with E-state index in [0.29, 0.717) is 37.2 Å². The topological polar surface area (TPSA) is 65.6 Å². The summed E-state index contributed by atoms with van der Waals surface area (Å²) in [5.41, 5.74) is 4.36. The second-order valence-electron chi connectivity index (χ2n) is 10.8. The molecule has 3 heterocycles. The number of halogens is 2. The summed E-state index contributed by atoms with van der Waals surface area (Å²) in [5, 5.41) is 4.16. The number of thiazole rings is 1. The fourth-order valence-corrected chi connectivity index (χ4v) is 7.58. The highest BCUT2D eigenvalue weighted by Crippen LogP contribution is 2.35. The molecule has 0 spiro atoms. The van der Waals surface area contributed by atoms with Crippen molar-refractivity contribution in [3.8, 4) is 0 Å². The van der Waals surface area contributed by atoms with E-state index in [9.17, 15) is 9.59 Å². The minimum absolute atomic E-state index is 0.216. The SMILES string of the molecule is CCOC(=O)C1=C(C)N=c2s/c(=C/c3cn(Cc4ccc(Cl)cc4Cl)c4ccccc34)c(=O)n2[C@H]1c1cccc2ccccc12. The fourth-order valence-electron chi connectivity index (χ4n) is 6.07. The quantitative estimate of drug-likeness (QED) is 0.178. The summed E-state index contributed by atoms with van der Waals surface area (Å²) in [6.07, 6.45) is 3.95. The molecule has 0 amide bonds. The van der Waals surface area contributed by atoms with Crippen molar-refractivity contribution in [1.29, 1.82) is 0 Å². The van der Waals surface area contributed by atoms with Crippen molar-refractivity contribution in [2.75, 3.05) is 6.61 Å². The Morgan fingerprint density at radius 3 is 2.56 bits per heavy atom. The second-order valence-corrected chi connectivity index (χ2v) is 12.7. The van der Waals surface area contributed by atoms with Crippen LogP contribution in [0.25, 0.3) is 27.8 Å². The maximum atomic E-state index is 14.4. The van der Waals surface area contributed by atoms with E-state index in [2.05, 4.69) is 4.57 Å². The molecule has 0 bridgehead atoms. The van der Waals surface area contributed by atoms with Gasteiger partial charge in [0.05, 0.1) is 28.5 Å². The molecule has 0 unspecified atom stereocenters. The first-order chi connectivity index (χ1) is 21.8. The Kier molecular flexibility index (Phi) is 7.69. The number of hydrogen-bond acceptors (Lipinski definition) is 5. The largest absolute Gasteiger partial charge is 0.463 e. The molecule has 0 fully saturated rings. The number of hydrogen-bond donors (Lipinski definition) is 0. The number of allylic oxidation sites excluding steroid dienone is 1. The number of carbonyl (C=O) groups is 1. The number of carbonyl (C=O) groups excluding carboxylic acids is 1. The zero-order valence-corrected chi connectivity index (χ0v) is 26.8. The van der Waals surface area contributed by atoms with Crippen molar-refractivity contribution in [2.45, 2.75) is 26.4 Å². The van der Waals surface area contributed by atoms with E-state index in [1.165, 1.54) is 11.3 Å². The summed E-state index contributed by atoms with van der Waals surface area (Å²) >= 11 is 14.0. The Balaban J connectivity index is 1.42. The van der Waals surface area contributed by atoms with Crippen molar-refractivity contribution >= 4 is 68.3 Å². The highest BCUT2D eigenvalue weighted by molar-refractivity contribution is 7.07. The minimum atomic E-state index is -0.693. The molecular formula is C36H27Cl2N3O3S. The molecule has 0 radical (unpaired) electrons. The average Bonchev–Trinajstić information content (AvgIpc) is 3.53. The van der Waals surface area contributed by atoms with Gasteiger partial charge >= 0.3 is 5.97 Å². The van der Waals surface area contributed by atoms with E-state index in [1.54, 1.807) is 24.5 Å². The van der Waals surface area contributed by atoms with E-state index < -0.39 is 12.0 Å². The van der Waals surface area contributed by atoms with E-state index in [-0.39, 0.29) is 12.2 Å². The molecule has 224 valence electrons. The van der Waals surface area contributed by atoms with Crippen molar-refractivity contribution in [2.24, 2.45) is 4.99 Å². The number of fused-ring (bicyclic) bond motifs is 3. The lowest BCUT2D eigenvalue weighted by atomic mass is 9.91. The molecule has 7 rings (SSSR count). The number of esters is 1. The zero-order chi connectivity index (χ0) is 31.2. The highest BCUT2D eigenvalue weighted by atomic mass is 35.5. The molecule has 45 heavy (non-hydrogen) atoms. The summed E-state index contributed by atoms with van der Waals surface area (Å²) in [6.45, 7) is 4.33. The third-order valence-corrected chi connectivity index (χ3v) is 9.67. The fraction of sp³-hybridized carbons (Fsp3) is 0.139. The van der Waals surface area contributed by atoms with Crippen molar-refractivity contribution in [1.82, 2.24) is 9.13 Å². The van der Waals surface area contributed by atoms with Crippen LogP contribution < -0.4 is 14.9 Å². The molecular weight excluding hydrogens is 625 g/mol. The molecule has 0 saturated carbocycles. The second kappa shape index (κ2) is 11.8. The van der Waals surface area contributed by atoms with Crippen LogP contribution >= 0.6 is 34.5 Å². The molecule has 6 aromatic rings. The summed E-state index contributed by atoms with van der Waals surface area (Å²) in [4.78, 5) is 33.1. The van der Waals surface area contributed by atoms with E-state index in [1.807, 2.05) is 91.1 Å². The Hall–Kier alpha value is -4.43. The Morgan fingerprint density at radius 1 is 1.00 bits per heavy atom. The maximum absolute atomic E-state index is 14.4. The van der Waals surface area contributed by atoms with Gasteiger partial charge in [0.1, 0.15) is 0 Å². The van der Waals surface area contributed by atoms with Gasteiger partial charge in [-0.2, -0.15) is 0 Å². The van der Waals surface area contributed by atoms with E-state index in [4.69, 9.17) is 32.9 Å². The predicted molar refractivity (Wildman–Crippen MR) is 182 cm³/mol. The van der Waals surface area contributed by atoms with Gasteiger partial charge in [0.15, 0.2) is 4.80 Å². The molecule has 0 saturated heterocycles. The minimum Gasteiger partial charge on any atom is -0.463 e. The van der Waals surface area contributed by atoms with Gasteiger partial charge in [-0.25, -0.2) is 9.79 Å². The summed E-state index contributed by atoms with van der Waals surface area (Å²) < 4.78 is 9.77. The summed E-state index contributed by atoms with van der Waals surface area (Å²) in [7, 11) is 0. The molecule has 4 aromatic carbocycles. The van der Waals surface area contributed by atoms with E-state index >= 15 is 0 Å². The van der Waals surface area contributed by atoms with Crippen LogP contribution in [0.15, 0.2) is 112 Å². The van der Waals surface area contributed by atoms with Crippen LogP contribution in [0.4, 0.5) is 0 Å². The van der Waals surface area contributed by atoms with Crippen LogP contribution in [0.3, 0.4) is 0 Å². The van der Waals surface area contributed by atoms with Crippen LogP contribution in [0.5, 0.6) is 0 Å². The average molecular weight is 653 g/mol. The third-order valence-electron chi connectivity index (χ3n) is 8.10. The first kappa shape index (κ1) is 29.3. The summed E-state index contributed by atoms with van der Waals surface area (Å²) in [6, 6.07) is 26.8. The maximum Gasteiger partial charge on any atom is 0.338 e. The molecule has 9 heteroatoms. The number of aromatic nitrogens is 2. The van der Waals surface area contributed by atoms with Gasteiger partial charge in [0.25, 0.3) is 5.56 Å². The lowest BCUT2D eigenvalue weighted by Crippen LogP contribution is -2.40. The van der Waals surface area contributed by atoms with Gasteiger partial charge in [-0.05, 0) is 60.0 Å². The van der Waals surface area contributed by atoms with Gasteiger partial charge in [0.2, 0.25) is 0 Å². The monoisotopic (exact) mass is 651 g/mol.